The number of hydrogen-bond donors (Lipinski definition) is 3. The minimum absolute atomic E-state index is 0.133. The second kappa shape index (κ2) is 13.0. The molecule has 2 aliphatic heterocycles. The molecule has 1 saturated carbocycles. The second-order valence-corrected chi connectivity index (χ2v) is 12.9. The molecule has 0 radical (unpaired) electrons. The summed E-state index contributed by atoms with van der Waals surface area (Å²) < 4.78 is 1.73. The molecule has 2 saturated heterocycles. The predicted octanol–water partition coefficient (Wildman–Crippen LogP) is 3.71. The molecule has 47 heavy (non-hydrogen) atoms. The van der Waals surface area contributed by atoms with Crippen molar-refractivity contribution in [3.8, 4) is 22.7 Å². The van der Waals surface area contributed by atoms with E-state index >= 15 is 0 Å². The van der Waals surface area contributed by atoms with E-state index in [4.69, 9.17) is 5.73 Å². The summed E-state index contributed by atoms with van der Waals surface area (Å²) in [6.07, 6.45) is 9.41. The third kappa shape index (κ3) is 6.37. The number of para-hydroxylation sites is 1. The molecule has 2 amide bonds. The first-order valence-corrected chi connectivity index (χ1v) is 16.5. The molecule has 2 aromatic carbocycles. The van der Waals surface area contributed by atoms with Crippen LogP contribution in [0, 0.1) is 0 Å². The smallest absolute Gasteiger partial charge is 0.249 e. The van der Waals surface area contributed by atoms with Gasteiger partial charge in [0.2, 0.25) is 11.8 Å². The Morgan fingerprint density at radius 3 is 2.49 bits per heavy atom. The fourth-order valence-corrected chi connectivity index (χ4v) is 7.35. The van der Waals surface area contributed by atoms with Crippen LogP contribution in [-0.2, 0) is 9.59 Å². The van der Waals surface area contributed by atoms with E-state index in [0.29, 0.717) is 41.7 Å². The molecule has 3 fully saturated rings. The topological polar surface area (TPSA) is 146 Å². The molecule has 4 heterocycles. The first-order chi connectivity index (χ1) is 22.8. The van der Waals surface area contributed by atoms with Crippen LogP contribution in [0.4, 0.5) is 17.2 Å². The van der Waals surface area contributed by atoms with E-state index in [2.05, 4.69) is 54.7 Å². The zero-order chi connectivity index (χ0) is 32.5. The van der Waals surface area contributed by atoms with E-state index in [0.717, 1.165) is 50.4 Å². The van der Waals surface area contributed by atoms with Crippen molar-refractivity contribution in [1.29, 1.82) is 0 Å². The Morgan fingerprint density at radius 1 is 0.936 bits per heavy atom. The van der Waals surface area contributed by atoms with Gasteiger partial charge < -0.3 is 20.6 Å². The molecular weight excluding hydrogens is 594 g/mol. The van der Waals surface area contributed by atoms with Crippen LogP contribution < -0.4 is 20.9 Å². The van der Waals surface area contributed by atoms with Crippen LogP contribution in [0.2, 0.25) is 0 Å². The number of rotatable bonds is 7. The van der Waals surface area contributed by atoms with Gasteiger partial charge in [-0.2, -0.15) is 5.10 Å². The Morgan fingerprint density at radius 2 is 1.72 bits per heavy atom. The van der Waals surface area contributed by atoms with Gasteiger partial charge in [0.25, 0.3) is 0 Å². The van der Waals surface area contributed by atoms with Crippen LogP contribution in [0.5, 0.6) is 5.75 Å². The second-order valence-electron chi connectivity index (χ2n) is 12.9. The maximum atomic E-state index is 12.4. The van der Waals surface area contributed by atoms with Gasteiger partial charge in [-0.15, -0.1) is 10.2 Å². The molecule has 7 rings (SSSR count). The molecule has 0 unspecified atom stereocenters. The van der Waals surface area contributed by atoms with Gasteiger partial charge in [0.05, 0.1) is 23.8 Å². The fourth-order valence-electron chi connectivity index (χ4n) is 7.35. The zero-order valence-corrected chi connectivity index (χ0v) is 26.6. The number of hydrogen-bond acceptors (Lipinski definition) is 10. The lowest BCUT2D eigenvalue weighted by molar-refractivity contribution is -0.134. The number of anilines is 3. The van der Waals surface area contributed by atoms with Crippen LogP contribution in [0.1, 0.15) is 50.0 Å². The van der Waals surface area contributed by atoms with E-state index in [1.54, 1.807) is 28.9 Å². The van der Waals surface area contributed by atoms with Gasteiger partial charge in [-0.25, -0.2) is 4.68 Å². The van der Waals surface area contributed by atoms with Gasteiger partial charge in [-0.3, -0.25) is 19.8 Å². The molecule has 1 atom stereocenters. The maximum Gasteiger partial charge on any atom is 0.249 e. The minimum atomic E-state index is -0.319. The highest BCUT2D eigenvalue weighted by Gasteiger charge is 2.32. The zero-order valence-electron chi connectivity index (χ0n) is 26.6. The fraction of sp³-hybridized carbons (Fsp3) is 0.400. The van der Waals surface area contributed by atoms with Crippen LogP contribution in [-0.4, -0.2) is 87.1 Å². The average molecular weight is 636 g/mol. The monoisotopic (exact) mass is 635 g/mol. The van der Waals surface area contributed by atoms with Crippen LogP contribution in [0.25, 0.3) is 16.9 Å². The Kier molecular flexibility index (Phi) is 8.50. The molecule has 3 aliphatic rings. The lowest BCUT2D eigenvalue weighted by Gasteiger charge is -2.42. The molecule has 2 aromatic heterocycles. The van der Waals surface area contributed by atoms with Crippen molar-refractivity contribution in [3.05, 3.63) is 72.6 Å². The third-order valence-corrected chi connectivity index (χ3v) is 10.1. The standard InChI is InChI=1S/C35H41N9O3/c1-41(30-13-14-33(46)38-35(30)47)26-6-4-5-24(19-26)23-9-11-25(12-10-23)42-15-17-43(18-16-42)27-21-37-44(22-27)31-20-29(39-40-34(31)36)28-7-2-3-8-32(28)45/h2-8,19-23,25,30,45H,9-18H2,1H3,(H2,36,40)(H,38,46,47)/t23-,25-,30-/m1/s1. The van der Waals surface area contributed by atoms with Crippen molar-refractivity contribution in [2.45, 2.75) is 56.5 Å². The highest BCUT2D eigenvalue weighted by atomic mass is 16.3. The number of benzene rings is 2. The van der Waals surface area contributed by atoms with Gasteiger partial charge >= 0.3 is 0 Å². The molecule has 1 aliphatic carbocycles. The number of aromatic hydroxyl groups is 1. The number of phenolic OH excluding ortho intramolecular Hbond substituents is 1. The van der Waals surface area contributed by atoms with Crippen molar-refractivity contribution in [2.24, 2.45) is 0 Å². The maximum absolute atomic E-state index is 12.4. The highest BCUT2D eigenvalue weighted by Crippen LogP contribution is 2.37. The summed E-state index contributed by atoms with van der Waals surface area (Å²) in [6, 6.07) is 17.7. The summed E-state index contributed by atoms with van der Waals surface area (Å²) in [6.45, 7) is 3.85. The summed E-state index contributed by atoms with van der Waals surface area (Å²) in [5.74, 6) is 0.517. The normalized spacial score (nSPS) is 22.2. The number of likely N-dealkylation sites (N-methyl/N-ethyl adjacent to an activating group) is 1. The Bertz CT molecular complexity index is 1760. The SMILES string of the molecule is CN(c1cccc([C@H]2CC[C@H](N3CCN(c4cnn(-c5cc(-c6ccccc6O)nnc5N)c4)CC3)CC2)c1)[C@@H]1CCC(=O)NC1=O. The number of nitrogens with zero attached hydrogens (tertiary/aromatic N) is 7. The van der Waals surface area contributed by atoms with Crippen LogP contribution in [0.3, 0.4) is 0 Å². The number of amides is 2. The highest BCUT2D eigenvalue weighted by molar-refractivity contribution is 6.01. The number of nitrogens with two attached hydrogens (primary N) is 1. The number of piperazine rings is 1. The molecule has 4 N–H and O–H groups in total. The average Bonchev–Trinajstić information content (AvgIpc) is 3.59. The number of nitrogen functional groups attached to an aromatic ring is 1. The number of nitrogens with one attached hydrogen (secondary N) is 1. The first kappa shape index (κ1) is 30.7. The molecular formula is C35H41N9O3. The van der Waals surface area contributed by atoms with E-state index in [1.165, 1.54) is 18.4 Å². The van der Waals surface area contributed by atoms with Gasteiger partial charge in [-0.1, -0.05) is 24.3 Å². The minimum Gasteiger partial charge on any atom is -0.507 e. The van der Waals surface area contributed by atoms with Gasteiger partial charge in [0, 0.05) is 56.9 Å². The van der Waals surface area contributed by atoms with E-state index in [9.17, 15) is 14.7 Å². The number of carbonyl (C=O) groups is 2. The number of aromatic nitrogens is 4. The summed E-state index contributed by atoms with van der Waals surface area (Å²) in [4.78, 5) is 31.1. The number of piperidine rings is 1. The van der Waals surface area contributed by atoms with E-state index < -0.39 is 0 Å². The molecule has 12 nitrogen and oxygen atoms in total. The van der Waals surface area contributed by atoms with Crippen LogP contribution >= 0.6 is 0 Å². The van der Waals surface area contributed by atoms with Gasteiger partial charge in [-0.05, 0) is 73.9 Å². The first-order valence-electron chi connectivity index (χ1n) is 16.5. The number of imide groups is 1. The number of carbonyl (C=O) groups excluding carboxylic acids is 2. The van der Waals surface area contributed by atoms with Crippen molar-refractivity contribution in [3.63, 3.8) is 0 Å². The Hall–Kier alpha value is -4.97. The van der Waals surface area contributed by atoms with E-state index in [-0.39, 0.29) is 29.4 Å². The molecule has 0 bridgehead atoms. The summed E-state index contributed by atoms with van der Waals surface area (Å²) in [5.41, 5.74) is 11.3. The largest absolute Gasteiger partial charge is 0.507 e. The van der Waals surface area contributed by atoms with Crippen molar-refractivity contribution in [2.75, 3.05) is 48.8 Å². The van der Waals surface area contributed by atoms with Crippen LogP contribution in [0.15, 0.2) is 67.0 Å². The van der Waals surface area contributed by atoms with Crippen molar-refractivity contribution >= 4 is 29.0 Å². The van der Waals surface area contributed by atoms with Crippen molar-refractivity contribution in [1.82, 2.24) is 30.2 Å². The Balaban J connectivity index is 0.935. The van der Waals surface area contributed by atoms with Gasteiger partial charge in [0.15, 0.2) is 5.82 Å². The quantitative estimate of drug-likeness (QED) is 0.257. The van der Waals surface area contributed by atoms with E-state index in [1.807, 2.05) is 30.4 Å². The third-order valence-electron chi connectivity index (χ3n) is 10.1. The number of phenols is 1. The lowest BCUT2D eigenvalue weighted by Crippen LogP contribution is -2.51. The summed E-state index contributed by atoms with van der Waals surface area (Å²) in [5, 5.41) is 25.7. The summed E-state index contributed by atoms with van der Waals surface area (Å²) in [7, 11) is 1.95. The Labute approximate surface area is 274 Å². The summed E-state index contributed by atoms with van der Waals surface area (Å²) >= 11 is 0. The predicted molar refractivity (Wildman–Crippen MR) is 180 cm³/mol. The lowest BCUT2D eigenvalue weighted by atomic mass is 9.81. The van der Waals surface area contributed by atoms with Gasteiger partial charge in [0.1, 0.15) is 17.5 Å². The molecule has 244 valence electrons. The molecule has 4 aromatic rings. The molecule has 0 spiro atoms. The van der Waals surface area contributed by atoms with Crippen molar-refractivity contribution < 1.29 is 14.7 Å². The molecule has 12 heteroatoms.